The van der Waals surface area contributed by atoms with Gasteiger partial charge in [-0.2, -0.15) is 0 Å². The normalized spacial score (nSPS) is 11.5. The number of thioether (sulfide) groups is 1. The number of aromatic amines is 1. The molecular weight excluding hydrogens is 391 g/mol. The monoisotopic (exact) mass is 404 g/mol. The Morgan fingerprint density at radius 1 is 1.15 bits per heavy atom. The first-order chi connectivity index (χ1) is 12.6. The third-order valence-electron chi connectivity index (χ3n) is 4.07. The van der Waals surface area contributed by atoms with Crippen molar-refractivity contribution in [3.05, 3.63) is 63.3 Å². The smallest absolute Gasteiger partial charge is 0.306 e. The van der Waals surface area contributed by atoms with Crippen LogP contribution >= 0.6 is 35.0 Å². The second-order valence-corrected chi connectivity index (χ2v) is 7.69. The van der Waals surface area contributed by atoms with Gasteiger partial charge >= 0.3 is 5.69 Å². The number of imidazole rings is 1. The number of benzene rings is 2. The predicted octanol–water partition coefficient (Wildman–Crippen LogP) is 4.76. The Morgan fingerprint density at radius 2 is 2.00 bits per heavy atom. The fourth-order valence-electron chi connectivity index (χ4n) is 2.90. The molecule has 2 aromatic carbocycles. The number of rotatable bonds is 5. The summed E-state index contributed by atoms with van der Waals surface area (Å²) >= 11 is 13.9. The topological polar surface area (TPSA) is 63.6 Å². The van der Waals surface area contributed by atoms with Crippen LogP contribution in [0.2, 0.25) is 10.0 Å². The van der Waals surface area contributed by atoms with Gasteiger partial charge in [0.25, 0.3) is 0 Å². The third-order valence-corrected chi connectivity index (χ3v) is 5.66. The third kappa shape index (κ3) is 3.32. The number of aryl methyl sites for hydroxylation is 1. The number of para-hydroxylation sites is 2. The van der Waals surface area contributed by atoms with Crippen molar-refractivity contribution in [3.63, 3.8) is 0 Å². The van der Waals surface area contributed by atoms with Crippen LogP contribution in [0, 0.1) is 0 Å². The first kappa shape index (κ1) is 17.4. The molecule has 5 nitrogen and oxygen atoms in total. The average molecular weight is 405 g/mol. The van der Waals surface area contributed by atoms with E-state index in [1.165, 1.54) is 6.33 Å². The maximum atomic E-state index is 12.1. The second-order valence-electron chi connectivity index (χ2n) is 5.76. The van der Waals surface area contributed by atoms with Crippen LogP contribution in [0.3, 0.4) is 0 Å². The summed E-state index contributed by atoms with van der Waals surface area (Å²) < 4.78 is 1.77. The Bertz CT molecular complexity index is 1160. The Hall–Kier alpha value is -2.02. The van der Waals surface area contributed by atoms with Crippen molar-refractivity contribution in [2.24, 2.45) is 0 Å². The van der Waals surface area contributed by atoms with Crippen LogP contribution < -0.4 is 5.69 Å². The fourth-order valence-corrected chi connectivity index (χ4v) is 4.35. The lowest BCUT2D eigenvalue weighted by atomic mass is 10.2. The molecule has 26 heavy (non-hydrogen) atoms. The number of nitrogens with one attached hydrogen (secondary N) is 1. The summed E-state index contributed by atoms with van der Waals surface area (Å²) in [6.45, 7) is 0.639. The van der Waals surface area contributed by atoms with Crippen LogP contribution in [0.4, 0.5) is 0 Å². The van der Waals surface area contributed by atoms with Gasteiger partial charge in [0.15, 0.2) is 0 Å². The van der Waals surface area contributed by atoms with Gasteiger partial charge in [-0.25, -0.2) is 14.8 Å². The average Bonchev–Trinajstić information content (AvgIpc) is 2.94. The SMILES string of the molecule is O=c1[nH]c2ccccc2n1CCCSc1ncnc2c(Cl)cc(Cl)cc12. The van der Waals surface area contributed by atoms with E-state index < -0.39 is 0 Å². The molecule has 2 heterocycles. The highest BCUT2D eigenvalue weighted by Crippen LogP contribution is 2.32. The molecule has 0 aliphatic rings. The lowest BCUT2D eigenvalue weighted by molar-refractivity contribution is 0.679. The largest absolute Gasteiger partial charge is 0.326 e. The molecule has 0 aliphatic heterocycles. The van der Waals surface area contributed by atoms with Gasteiger partial charge in [0, 0.05) is 22.7 Å². The van der Waals surface area contributed by atoms with Crippen molar-refractivity contribution in [2.45, 2.75) is 18.0 Å². The van der Waals surface area contributed by atoms with E-state index in [-0.39, 0.29) is 5.69 Å². The highest BCUT2D eigenvalue weighted by molar-refractivity contribution is 7.99. The van der Waals surface area contributed by atoms with Gasteiger partial charge in [0.05, 0.1) is 21.6 Å². The fraction of sp³-hybridized carbons (Fsp3) is 0.167. The summed E-state index contributed by atoms with van der Waals surface area (Å²) in [6, 6.07) is 11.2. The molecule has 8 heteroatoms. The number of fused-ring (bicyclic) bond motifs is 2. The molecule has 0 amide bonds. The van der Waals surface area contributed by atoms with E-state index in [1.54, 1.807) is 22.4 Å². The van der Waals surface area contributed by atoms with Gasteiger partial charge in [-0.15, -0.1) is 11.8 Å². The molecule has 0 fully saturated rings. The van der Waals surface area contributed by atoms with Crippen LogP contribution in [0.5, 0.6) is 0 Å². The lowest BCUT2D eigenvalue weighted by Crippen LogP contribution is -2.17. The lowest BCUT2D eigenvalue weighted by Gasteiger charge is -2.07. The molecule has 0 atom stereocenters. The first-order valence-corrected chi connectivity index (χ1v) is 9.78. The first-order valence-electron chi connectivity index (χ1n) is 8.03. The van der Waals surface area contributed by atoms with E-state index in [9.17, 15) is 4.79 Å². The highest BCUT2D eigenvalue weighted by Gasteiger charge is 2.10. The summed E-state index contributed by atoms with van der Waals surface area (Å²) in [5.74, 6) is 0.808. The minimum atomic E-state index is -0.0813. The van der Waals surface area contributed by atoms with Gasteiger partial charge in [-0.3, -0.25) is 4.57 Å². The molecule has 0 spiro atoms. The van der Waals surface area contributed by atoms with Gasteiger partial charge in [-0.1, -0.05) is 35.3 Å². The molecular formula is C18H14Cl2N4OS. The molecule has 132 valence electrons. The molecule has 0 saturated carbocycles. The minimum Gasteiger partial charge on any atom is -0.306 e. The minimum absolute atomic E-state index is 0.0813. The number of hydrogen-bond donors (Lipinski definition) is 1. The molecule has 2 aromatic heterocycles. The van der Waals surface area contributed by atoms with Gasteiger partial charge in [0.1, 0.15) is 11.4 Å². The van der Waals surface area contributed by atoms with E-state index >= 15 is 0 Å². The molecule has 0 saturated heterocycles. The van der Waals surface area contributed by atoms with Crippen molar-refractivity contribution < 1.29 is 0 Å². The van der Waals surface area contributed by atoms with Crippen molar-refractivity contribution in [2.75, 3.05) is 5.75 Å². The zero-order valence-corrected chi connectivity index (χ0v) is 15.9. The van der Waals surface area contributed by atoms with Crippen molar-refractivity contribution in [3.8, 4) is 0 Å². The highest BCUT2D eigenvalue weighted by atomic mass is 35.5. The second kappa shape index (κ2) is 7.31. The van der Waals surface area contributed by atoms with E-state index in [0.29, 0.717) is 22.1 Å². The van der Waals surface area contributed by atoms with E-state index in [1.807, 2.05) is 30.3 Å². The predicted molar refractivity (Wildman–Crippen MR) is 107 cm³/mol. The standard InChI is InChI=1S/C18H14Cl2N4OS/c19-11-8-12-16(13(20)9-11)21-10-22-17(12)26-7-3-6-24-15-5-2-1-4-14(15)23-18(24)25/h1-2,4-5,8-10H,3,6-7H2,(H,23,25). The van der Waals surface area contributed by atoms with Crippen molar-refractivity contribution >= 4 is 56.9 Å². The molecule has 0 unspecified atom stereocenters. The summed E-state index contributed by atoms with van der Waals surface area (Å²) in [6.07, 6.45) is 2.33. The molecule has 0 bridgehead atoms. The molecule has 0 radical (unpaired) electrons. The van der Waals surface area contributed by atoms with Crippen LogP contribution in [0.15, 0.2) is 52.5 Å². The summed E-state index contributed by atoms with van der Waals surface area (Å²) in [4.78, 5) is 23.6. The molecule has 4 rings (SSSR count). The van der Waals surface area contributed by atoms with Crippen molar-refractivity contribution in [1.82, 2.24) is 19.5 Å². The maximum absolute atomic E-state index is 12.1. The van der Waals surface area contributed by atoms with E-state index in [2.05, 4.69) is 15.0 Å². The Labute approximate surface area is 163 Å². The Balaban J connectivity index is 1.49. The quantitative estimate of drug-likeness (QED) is 0.295. The number of nitrogens with zero attached hydrogens (tertiary/aromatic N) is 3. The van der Waals surface area contributed by atoms with Crippen LogP contribution in [-0.4, -0.2) is 25.3 Å². The number of H-pyrrole nitrogens is 1. The van der Waals surface area contributed by atoms with Gasteiger partial charge in [-0.05, 0) is 30.7 Å². The van der Waals surface area contributed by atoms with Crippen LogP contribution in [-0.2, 0) is 6.54 Å². The molecule has 1 N–H and O–H groups in total. The van der Waals surface area contributed by atoms with Crippen LogP contribution in [0.1, 0.15) is 6.42 Å². The van der Waals surface area contributed by atoms with Gasteiger partial charge in [0.2, 0.25) is 0 Å². The number of aromatic nitrogens is 4. The summed E-state index contributed by atoms with van der Waals surface area (Å²) in [5, 5.41) is 2.76. The van der Waals surface area contributed by atoms with Crippen LogP contribution in [0.25, 0.3) is 21.9 Å². The van der Waals surface area contributed by atoms with E-state index in [0.717, 1.165) is 33.6 Å². The zero-order chi connectivity index (χ0) is 18.1. The summed E-state index contributed by atoms with van der Waals surface area (Å²) in [7, 11) is 0. The molecule has 0 aliphatic carbocycles. The molecule has 4 aromatic rings. The number of hydrogen-bond acceptors (Lipinski definition) is 4. The maximum Gasteiger partial charge on any atom is 0.326 e. The van der Waals surface area contributed by atoms with Gasteiger partial charge < -0.3 is 4.98 Å². The number of halogens is 2. The zero-order valence-electron chi connectivity index (χ0n) is 13.6. The summed E-state index contributed by atoms with van der Waals surface area (Å²) in [5.41, 5.74) is 2.40. The van der Waals surface area contributed by atoms with E-state index in [4.69, 9.17) is 23.2 Å². The Morgan fingerprint density at radius 3 is 2.88 bits per heavy atom. The Kier molecular flexibility index (Phi) is 4.89. The van der Waals surface area contributed by atoms with Crippen molar-refractivity contribution in [1.29, 1.82) is 0 Å².